The van der Waals surface area contributed by atoms with Gasteiger partial charge in [0, 0.05) is 18.1 Å². The van der Waals surface area contributed by atoms with E-state index in [9.17, 15) is 0 Å². The number of nitrogens with two attached hydrogens (primary N) is 1. The van der Waals surface area contributed by atoms with Gasteiger partial charge in [-0.25, -0.2) is 0 Å². The van der Waals surface area contributed by atoms with Crippen LogP contribution in [-0.2, 0) is 17.8 Å². The van der Waals surface area contributed by atoms with Crippen LogP contribution in [0.1, 0.15) is 27.8 Å². The summed E-state index contributed by atoms with van der Waals surface area (Å²) in [7, 11) is 0. The lowest BCUT2D eigenvalue weighted by Crippen LogP contribution is -2.10. The fourth-order valence-electron chi connectivity index (χ4n) is 2.67. The van der Waals surface area contributed by atoms with Crippen LogP contribution in [0.5, 0.6) is 0 Å². The summed E-state index contributed by atoms with van der Waals surface area (Å²) < 4.78 is 5.53. The van der Waals surface area contributed by atoms with Gasteiger partial charge >= 0.3 is 0 Å². The average Bonchev–Trinajstić information content (AvgIpc) is 2.55. The first kappa shape index (κ1) is 17.8. The number of hydrogen-bond acceptors (Lipinski definition) is 4. The Morgan fingerprint density at radius 2 is 1.75 bits per heavy atom. The summed E-state index contributed by atoms with van der Waals surface area (Å²) in [6.45, 7) is 4.42. The number of benzene rings is 2. The molecule has 0 fully saturated rings. The summed E-state index contributed by atoms with van der Waals surface area (Å²) in [5, 5.41) is 17.4. The smallest absolute Gasteiger partial charge is 0.186 e. The Hall–Kier alpha value is -2.59. The van der Waals surface area contributed by atoms with E-state index < -0.39 is 0 Å². The van der Waals surface area contributed by atoms with E-state index in [4.69, 9.17) is 21.0 Å². The maximum atomic E-state index is 9.14. The van der Waals surface area contributed by atoms with E-state index in [2.05, 4.69) is 0 Å². The molecule has 0 aliphatic rings. The van der Waals surface area contributed by atoms with Crippen molar-refractivity contribution >= 4 is 5.71 Å². The second-order valence-corrected chi connectivity index (χ2v) is 5.80. The number of nitrogens with one attached hydrogen (secondary N) is 1. The van der Waals surface area contributed by atoms with E-state index in [0.717, 1.165) is 27.8 Å². The van der Waals surface area contributed by atoms with Crippen LogP contribution < -0.4 is 5.73 Å². The molecule has 126 valence electrons. The van der Waals surface area contributed by atoms with Gasteiger partial charge in [-0.05, 0) is 36.1 Å². The third-order valence-electron chi connectivity index (χ3n) is 3.87. The van der Waals surface area contributed by atoms with Gasteiger partial charge in [-0.3, -0.25) is 0 Å². The van der Waals surface area contributed by atoms with Crippen molar-refractivity contribution in [2.75, 3.05) is 6.61 Å². The minimum atomic E-state index is 0.0314. The summed E-state index contributed by atoms with van der Waals surface area (Å²) in [5.74, 6) is 0.237. The molecule has 2 rings (SSSR count). The molecule has 0 atom stereocenters. The highest BCUT2D eigenvalue weighted by Gasteiger charge is 2.07. The molecule has 0 saturated heterocycles. The third-order valence-corrected chi connectivity index (χ3v) is 3.87. The second kappa shape index (κ2) is 8.31. The molecule has 0 heterocycles. The zero-order valence-corrected chi connectivity index (χ0v) is 14.2. The quantitative estimate of drug-likeness (QED) is 0.540. The highest BCUT2D eigenvalue weighted by Crippen LogP contribution is 2.15. The largest absolute Gasteiger partial charge is 0.479 e. The monoisotopic (exact) mass is 324 g/mol. The minimum absolute atomic E-state index is 0.0314. The zero-order valence-electron chi connectivity index (χ0n) is 14.2. The Kier molecular flexibility index (Phi) is 6.15. The first-order chi connectivity index (χ1) is 11.5. The standard InChI is InChI=1S/C20H24N2O2/c1-14-5-3-6-15(2)20(14)18(21)12-19(22)24-10-9-16-7-4-8-17(11-16)13-23/h3-8,11-12,21,23H,9-10,13,22H2,1-2H3/b19-12+,21-18?. The lowest BCUT2D eigenvalue weighted by Gasteiger charge is -2.10. The maximum absolute atomic E-state index is 9.14. The highest BCUT2D eigenvalue weighted by atomic mass is 16.5. The molecular weight excluding hydrogens is 300 g/mol. The van der Waals surface area contributed by atoms with Gasteiger partial charge in [-0.1, -0.05) is 42.5 Å². The summed E-state index contributed by atoms with van der Waals surface area (Å²) in [6, 6.07) is 13.7. The summed E-state index contributed by atoms with van der Waals surface area (Å²) in [5.41, 5.74) is 11.2. The van der Waals surface area contributed by atoms with Gasteiger partial charge in [-0.15, -0.1) is 0 Å². The lowest BCUT2D eigenvalue weighted by atomic mass is 9.98. The first-order valence-corrected chi connectivity index (χ1v) is 7.95. The van der Waals surface area contributed by atoms with Gasteiger partial charge in [0.15, 0.2) is 5.88 Å². The van der Waals surface area contributed by atoms with E-state index in [1.807, 2.05) is 56.3 Å². The van der Waals surface area contributed by atoms with Crippen LogP contribution in [0.4, 0.5) is 0 Å². The topological polar surface area (TPSA) is 79.3 Å². The van der Waals surface area contributed by atoms with Gasteiger partial charge in [0.25, 0.3) is 0 Å². The highest BCUT2D eigenvalue weighted by molar-refractivity contribution is 6.08. The Morgan fingerprint density at radius 3 is 2.42 bits per heavy atom. The second-order valence-electron chi connectivity index (χ2n) is 5.80. The molecule has 4 nitrogen and oxygen atoms in total. The molecule has 0 aliphatic heterocycles. The molecule has 0 unspecified atom stereocenters. The Bertz CT molecular complexity index is 731. The molecule has 0 aromatic heterocycles. The average molecular weight is 324 g/mol. The SMILES string of the molecule is Cc1cccc(C)c1C(=N)/C=C(\N)OCCc1cccc(CO)c1. The number of hydrogen-bond donors (Lipinski definition) is 3. The summed E-state index contributed by atoms with van der Waals surface area (Å²) in [4.78, 5) is 0. The number of aryl methyl sites for hydroxylation is 2. The van der Waals surface area contributed by atoms with Crippen LogP contribution in [0.25, 0.3) is 0 Å². The molecule has 0 radical (unpaired) electrons. The van der Waals surface area contributed by atoms with Crippen molar-refractivity contribution in [1.29, 1.82) is 5.41 Å². The number of aliphatic hydroxyl groups is 1. The van der Waals surface area contributed by atoms with Crippen molar-refractivity contribution in [3.05, 3.63) is 82.2 Å². The van der Waals surface area contributed by atoms with Crippen LogP contribution in [0, 0.1) is 19.3 Å². The molecular formula is C20H24N2O2. The van der Waals surface area contributed by atoms with Crippen LogP contribution >= 0.6 is 0 Å². The van der Waals surface area contributed by atoms with Crippen molar-refractivity contribution in [1.82, 2.24) is 0 Å². The molecule has 4 N–H and O–H groups in total. The van der Waals surface area contributed by atoms with Crippen molar-refractivity contribution < 1.29 is 9.84 Å². The van der Waals surface area contributed by atoms with Crippen LogP contribution in [-0.4, -0.2) is 17.4 Å². The fourth-order valence-corrected chi connectivity index (χ4v) is 2.67. The van der Waals surface area contributed by atoms with E-state index in [1.54, 1.807) is 6.08 Å². The first-order valence-electron chi connectivity index (χ1n) is 7.95. The zero-order chi connectivity index (χ0) is 17.5. The molecule has 0 saturated carbocycles. The predicted octanol–water partition coefficient (Wildman–Crippen LogP) is 3.22. The normalized spacial score (nSPS) is 11.4. The summed E-state index contributed by atoms with van der Waals surface area (Å²) in [6.07, 6.45) is 2.25. The fraction of sp³-hybridized carbons (Fsp3) is 0.250. The predicted molar refractivity (Wildman–Crippen MR) is 97.0 cm³/mol. The number of ether oxygens (including phenoxy) is 1. The third kappa shape index (κ3) is 4.70. The Balaban J connectivity index is 1.95. The molecule has 0 bridgehead atoms. The van der Waals surface area contributed by atoms with Gasteiger partial charge in [0.2, 0.25) is 0 Å². The number of aliphatic hydroxyl groups excluding tert-OH is 1. The molecule has 2 aromatic rings. The van der Waals surface area contributed by atoms with Crippen molar-refractivity contribution in [2.24, 2.45) is 5.73 Å². The maximum Gasteiger partial charge on any atom is 0.186 e. The van der Waals surface area contributed by atoms with Gasteiger partial charge in [0.1, 0.15) is 0 Å². The van der Waals surface area contributed by atoms with Crippen molar-refractivity contribution in [3.63, 3.8) is 0 Å². The van der Waals surface area contributed by atoms with Crippen molar-refractivity contribution in [2.45, 2.75) is 26.9 Å². The summed E-state index contributed by atoms with van der Waals surface area (Å²) >= 11 is 0. The minimum Gasteiger partial charge on any atom is -0.479 e. The Morgan fingerprint density at radius 1 is 1.12 bits per heavy atom. The molecule has 24 heavy (non-hydrogen) atoms. The molecule has 4 heteroatoms. The molecule has 0 aliphatic carbocycles. The molecule has 2 aromatic carbocycles. The number of rotatable bonds is 7. The van der Waals surface area contributed by atoms with Crippen LogP contribution in [0.3, 0.4) is 0 Å². The van der Waals surface area contributed by atoms with Crippen molar-refractivity contribution in [3.8, 4) is 0 Å². The van der Waals surface area contributed by atoms with Gasteiger partial charge < -0.3 is 21.0 Å². The van der Waals surface area contributed by atoms with E-state index >= 15 is 0 Å². The van der Waals surface area contributed by atoms with Gasteiger partial charge in [0.05, 0.1) is 18.9 Å². The number of allylic oxidation sites excluding steroid dienone is 1. The molecule has 0 amide bonds. The van der Waals surface area contributed by atoms with Crippen LogP contribution in [0.15, 0.2) is 54.4 Å². The van der Waals surface area contributed by atoms with E-state index in [0.29, 0.717) is 18.7 Å². The van der Waals surface area contributed by atoms with Crippen LogP contribution in [0.2, 0.25) is 0 Å². The van der Waals surface area contributed by atoms with E-state index in [-0.39, 0.29) is 12.5 Å². The molecule has 0 spiro atoms. The lowest BCUT2D eigenvalue weighted by molar-refractivity contribution is 0.213. The van der Waals surface area contributed by atoms with Gasteiger partial charge in [-0.2, -0.15) is 0 Å². The van der Waals surface area contributed by atoms with E-state index in [1.165, 1.54) is 0 Å². The Labute approximate surface area is 143 Å².